The van der Waals surface area contributed by atoms with Gasteiger partial charge in [0, 0.05) is 49.3 Å². The lowest BCUT2D eigenvalue weighted by atomic mass is 9.46. The van der Waals surface area contributed by atoms with Crippen molar-refractivity contribution in [3.05, 3.63) is 24.4 Å². The van der Waals surface area contributed by atoms with Crippen LogP contribution >= 0.6 is 0 Å². The van der Waals surface area contributed by atoms with Gasteiger partial charge in [0.05, 0.1) is 6.10 Å². The first-order chi connectivity index (χ1) is 11.4. The highest BCUT2D eigenvalue weighted by atomic mass is 16.5. The molecule has 124 valence electrons. The van der Waals surface area contributed by atoms with Gasteiger partial charge in [0.2, 0.25) is 0 Å². The van der Waals surface area contributed by atoms with E-state index in [1.165, 1.54) is 38.5 Å². The van der Waals surface area contributed by atoms with Crippen molar-refractivity contribution in [3.8, 4) is 0 Å². The van der Waals surface area contributed by atoms with Crippen LogP contribution in [0, 0.1) is 11.3 Å². The number of pyridine rings is 1. The van der Waals surface area contributed by atoms with Gasteiger partial charge in [-0.25, -0.2) is 4.98 Å². The van der Waals surface area contributed by atoms with Crippen molar-refractivity contribution >= 4 is 5.82 Å². The average Bonchev–Trinajstić information content (AvgIpc) is 2.98. The van der Waals surface area contributed by atoms with E-state index in [1.54, 1.807) is 0 Å². The van der Waals surface area contributed by atoms with Crippen LogP contribution in [0.25, 0.3) is 0 Å². The molecule has 0 amide bonds. The second-order valence-electron chi connectivity index (χ2n) is 7.92. The van der Waals surface area contributed by atoms with E-state index in [9.17, 15) is 0 Å². The van der Waals surface area contributed by atoms with Gasteiger partial charge in [0.15, 0.2) is 0 Å². The zero-order valence-corrected chi connectivity index (χ0v) is 13.8. The fourth-order valence-electron chi connectivity index (χ4n) is 5.56. The number of nitrogens with zero attached hydrogens (tertiary/aromatic N) is 2. The fraction of sp³-hybridized carbons (Fsp3) is 0.737. The summed E-state index contributed by atoms with van der Waals surface area (Å²) in [6, 6.07) is 7.62. The van der Waals surface area contributed by atoms with Crippen LogP contribution in [0.3, 0.4) is 0 Å². The zero-order chi connectivity index (χ0) is 15.3. The predicted molar refractivity (Wildman–Crippen MR) is 90.5 cm³/mol. The van der Waals surface area contributed by atoms with Crippen LogP contribution in [0.5, 0.6) is 0 Å². The molecule has 0 unspecified atom stereocenters. The molecule has 2 saturated heterocycles. The van der Waals surface area contributed by atoms with E-state index in [2.05, 4.69) is 27.3 Å². The molecular formula is C19H27N3O. The maximum Gasteiger partial charge on any atom is 0.128 e. The quantitative estimate of drug-likeness (QED) is 0.931. The summed E-state index contributed by atoms with van der Waals surface area (Å²) in [5.74, 6) is 1.93. The molecule has 2 saturated carbocycles. The van der Waals surface area contributed by atoms with Gasteiger partial charge in [0.25, 0.3) is 0 Å². The third-order valence-electron chi connectivity index (χ3n) is 6.92. The number of rotatable bonds is 3. The van der Waals surface area contributed by atoms with Crippen LogP contribution in [-0.2, 0) is 4.74 Å². The Hall–Kier alpha value is -1.13. The molecule has 1 aromatic heterocycles. The fourth-order valence-corrected chi connectivity index (χ4v) is 5.56. The smallest absolute Gasteiger partial charge is 0.128 e. The number of hydrogen-bond donors (Lipinski definition) is 1. The number of ether oxygens (including phenoxy) is 1. The highest BCUT2D eigenvalue weighted by Crippen LogP contribution is 2.62. The van der Waals surface area contributed by atoms with Crippen LogP contribution in [0.4, 0.5) is 5.82 Å². The number of nitrogens with one attached hydrogen (secondary N) is 1. The summed E-state index contributed by atoms with van der Waals surface area (Å²) in [6.07, 6.45) is 10.4. The molecule has 4 nitrogen and oxygen atoms in total. The normalized spacial score (nSPS) is 35.7. The van der Waals surface area contributed by atoms with E-state index in [0.717, 1.165) is 37.5 Å². The van der Waals surface area contributed by atoms with Crippen molar-refractivity contribution < 1.29 is 4.74 Å². The first kappa shape index (κ1) is 14.2. The molecule has 2 aliphatic heterocycles. The van der Waals surface area contributed by atoms with Crippen molar-refractivity contribution in [2.24, 2.45) is 11.3 Å². The molecule has 2 aliphatic carbocycles. The minimum atomic E-state index is 0.513. The lowest BCUT2D eigenvalue weighted by molar-refractivity contribution is -0.178. The largest absolute Gasteiger partial charge is 0.377 e. The van der Waals surface area contributed by atoms with Crippen LogP contribution in [0.1, 0.15) is 38.5 Å². The van der Waals surface area contributed by atoms with Gasteiger partial charge in [-0.05, 0) is 44.2 Å². The van der Waals surface area contributed by atoms with Gasteiger partial charge in [0.1, 0.15) is 5.82 Å². The van der Waals surface area contributed by atoms with E-state index >= 15 is 0 Å². The number of hydrogen-bond acceptors (Lipinski definition) is 4. The maximum absolute atomic E-state index is 6.05. The highest BCUT2D eigenvalue weighted by Gasteiger charge is 2.66. The summed E-state index contributed by atoms with van der Waals surface area (Å²) in [4.78, 5) is 6.92. The maximum atomic E-state index is 6.05. The van der Waals surface area contributed by atoms with Crippen molar-refractivity contribution in [3.63, 3.8) is 0 Å². The molecule has 5 rings (SSSR count). The second-order valence-corrected chi connectivity index (χ2v) is 7.92. The molecule has 1 N–H and O–H groups in total. The van der Waals surface area contributed by atoms with Crippen LogP contribution < -0.4 is 10.2 Å². The molecule has 3 heterocycles. The van der Waals surface area contributed by atoms with Gasteiger partial charge < -0.3 is 15.0 Å². The number of aromatic nitrogens is 1. The topological polar surface area (TPSA) is 37.4 Å². The third-order valence-corrected chi connectivity index (χ3v) is 6.92. The van der Waals surface area contributed by atoms with E-state index in [-0.39, 0.29) is 0 Å². The Balaban J connectivity index is 1.20. The van der Waals surface area contributed by atoms with Crippen LogP contribution in [-0.4, -0.2) is 42.9 Å². The average molecular weight is 313 g/mol. The summed E-state index contributed by atoms with van der Waals surface area (Å²) in [7, 11) is 0. The van der Waals surface area contributed by atoms with Crippen LogP contribution in [0.15, 0.2) is 24.4 Å². The predicted octanol–water partition coefficient (Wildman–Crippen LogP) is 2.60. The summed E-state index contributed by atoms with van der Waals surface area (Å²) in [5.41, 5.74) is 0.513. The first-order valence-electron chi connectivity index (χ1n) is 9.40. The molecular weight excluding hydrogens is 286 g/mol. The van der Waals surface area contributed by atoms with Gasteiger partial charge in [-0.1, -0.05) is 12.5 Å². The Morgan fingerprint density at radius 2 is 2.04 bits per heavy atom. The molecule has 0 radical (unpaired) electrons. The Morgan fingerprint density at radius 3 is 2.74 bits per heavy atom. The molecule has 0 bridgehead atoms. The Bertz CT molecular complexity index is 551. The van der Waals surface area contributed by atoms with E-state index < -0.39 is 0 Å². The van der Waals surface area contributed by atoms with Gasteiger partial charge in [-0.3, -0.25) is 0 Å². The molecule has 1 aromatic rings. The summed E-state index contributed by atoms with van der Waals surface area (Å²) in [5, 5.41) is 4.06. The minimum absolute atomic E-state index is 0.513. The van der Waals surface area contributed by atoms with Crippen molar-refractivity contribution in [2.45, 2.75) is 56.7 Å². The molecule has 4 fully saturated rings. The molecule has 23 heavy (non-hydrogen) atoms. The van der Waals surface area contributed by atoms with E-state index in [0.29, 0.717) is 17.6 Å². The van der Waals surface area contributed by atoms with Crippen molar-refractivity contribution in [1.82, 2.24) is 10.3 Å². The van der Waals surface area contributed by atoms with E-state index in [4.69, 9.17) is 4.74 Å². The van der Waals surface area contributed by atoms with Gasteiger partial charge >= 0.3 is 0 Å². The Kier molecular flexibility index (Phi) is 3.37. The number of anilines is 1. The second kappa shape index (κ2) is 5.45. The van der Waals surface area contributed by atoms with Gasteiger partial charge in [-0.2, -0.15) is 0 Å². The number of piperidine rings is 1. The summed E-state index contributed by atoms with van der Waals surface area (Å²) < 4.78 is 6.05. The Morgan fingerprint density at radius 1 is 1.17 bits per heavy atom. The lowest BCUT2D eigenvalue weighted by Crippen LogP contribution is -2.72. The third kappa shape index (κ3) is 2.14. The lowest BCUT2D eigenvalue weighted by Gasteiger charge is -2.64. The SMILES string of the molecule is c1ccc(N2CCC(N[C@@H]3[C@@H]4CCO[C@@H]4C34CCC4)CC2)nc1. The highest BCUT2D eigenvalue weighted by molar-refractivity contribution is 5.38. The molecule has 4 heteroatoms. The minimum Gasteiger partial charge on any atom is -0.377 e. The van der Waals surface area contributed by atoms with E-state index in [1.807, 2.05) is 12.3 Å². The van der Waals surface area contributed by atoms with Gasteiger partial charge in [-0.15, -0.1) is 0 Å². The Labute approximate surface area is 138 Å². The summed E-state index contributed by atoms with van der Waals surface area (Å²) >= 11 is 0. The first-order valence-corrected chi connectivity index (χ1v) is 9.40. The zero-order valence-electron chi connectivity index (χ0n) is 13.8. The number of fused-ring (bicyclic) bond motifs is 2. The standard InChI is InChI=1S/C19H27N3O/c1-2-10-20-16(4-1)22-11-5-14(6-12-22)21-17-15-7-13-23-18(15)19(17)8-3-9-19/h1-2,4,10,14-15,17-18,21H,3,5-9,11-13H2/t15-,17+,18-/m0/s1. The molecule has 0 aromatic carbocycles. The van der Waals surface area contributed by atoms with Crippen LogP contribution in [0.2, 0.25) is 0 Å². The molecule has 4 aliphatic rings. The monoisotopic (exact) mass is 313 g/mol. The summed E-state index contributed by atoms with van der Waals surface area (Å²) in [6.45, 7) is 3.24. The molecule has 1 spiro atoms. The molecule has 3 atom stereocenters. The van der Waals surface area contributed by atoms with Crippen molar-refractivity contribution in [1.29, 1.82) is 0 Å². The van der Waals surface area contributed by atoms with Crippen molar-refractivity contribution in [2.75, 3.05) is 24.6 Å².